The van der Waals surface area contributed by atoms with Crippen molar-refractivity contribution in [1.29, 1.82) is 0 Å². The number of methoxy groups -OCH3 is 2. The summed E-state index contributed by atoms with van der Waals surface area (Å²) in [5.74, 6) is 1.91. The summed E-state index contributed by atoms with van der Waals surface area (Å²) in [6.07, 6.45) is 4.48. The molecule has 0 radical (unpaired) electrons. The lowest BCUT2D eigenvalue weighted by atomic mass is 9.64. The molecular weight excluding hydrogens is 226 g/mol. The van der Waals surface area contributed by atoms with Crippen LogP contribution in [0.4, 0.5) is 0 Å². The third-order valence-corrected chi connectivity index (χ3v) is 4.26. The predicted molar refractivity (Wildman–Crippen MR) is 73.5 cm³/mol. The number of aryl methyl sites for hydroxylation is 1. The van der Waals surface area contributed by atoms with Crippen LogP contribution >= 0.6 is 0 Å². The Labute approximate surface area is 109 Å². The monoisotopic (exact) mass is 249 g/mol. The molecule has 18 heavy (non-hydrogen) atoms. The molecule has 3 heteroatoms. The van der Waals surface area contributed by atoms with E-state index in [0.717, 1.165) is 30.8 Å². The van der Waals surface area contributed by atoms with E-state index in [-0.39, 0.29) is 5.41 Å². The molecule has 100 valence electrons. The molecule has 3 nitrogen and oxygen atoms in total. The van der Waals surface area contributed by atoms with Crippen molar-refractivity contribution in [1.82, 2.24) is 0 Å². The Morgan fingerprint density at radius 1 is 1.17 bits per heavy atom. The molecule has 0 saturated heterocycles. The van der Waals surface area contributed by atoms with Gasteiger partial charge >= 0.3 is 0 Å². The lowest BCUT2D eigenvalue weighted by Crippen LogP contribution is -2.41. The Hall–Kier alpha value is -1.22. The van der Waals surface area contributed by atoms with Crippen LogP contribution in [-0.2, 0) is 11.8 Å². The molecule has 1 aromatic rings. The SMILES string of the molecule is CCc1cc(OC)c(C2(CN)CCC2)cc1OC. The van der Waals surface area contributed by atoms with Crippen molar-refractivity contribution in [3.05, 3.63) is 23.3 Å². The lowest BCUT2D eigenvalue weighted by molar-refractivity contribution is 0.242. The normalized spacial score (nSPS) is 17.1. The lowest BCUT2D eigenvalue weighted by Gasteiger charge is -2.42. The molecule has 0 bridgehead atoms. The minimum Gasteiger partial charge on any atom is -0.496 e. The average Bonchev–Trinajstić information content (AvgIpc) is 2.37. The molecule has 0 unspecified atom stereocenters. The van der Waals surface area contributed by atoms with Crippen molar-refractivity contribution in [2.45, 2.75) is 38.0 Å². The van der Waals surface area contributed by atoms with Gasteiger partial charge in [-0.2, -0.15) is 0 Å². The first-order valence-corrected chi connectivity index (χ1v) is 6.66. The van der Waals surface area contributed by atoms with Gasteiger partial charge in [0.1, 0.15) is 11.5 Å². The molecule has 0 amide bonds. The van der Waals surface area contributed by atoms with Crippen LogP contribution in [-0.4, -0.2) is 20.8 Å². The first-order chi connectivity index (χ1) is 8.70. The van der Waals surface area contributed by atoms with Gasteiger partial charge in [-0.05, 0) is 37.0 Å². The van der Waals surface area contributed by atoms with E-state index in [1.807, 2.05) is 0 Å². The maximum atomic E-state index is 5.99. The van der Waals surface area contributed by atoms with Crippen LogP contribution in [0.15, 0.2) is 12.1 Å². The molecule has 0 spiro atoms. The predicted octanol–water partition coefficient (Wildman–Crippen LogP) is 2.65. The molecule has 1 saturated carbocycles. The minimum absolute atomic E-state index is 0.102. The smallest absolute Gasteiger partial charge is 0.123 e. The number of nitrogens with two attached hydrogens (primary N) is 1. The summed E-state index contributed by atoms with van der Waals surface area (Å²) in [6.45, 7) is 2.80. The van der Waals surface area contributed by atoms with Crippen LogP contribution in [0.2, 0.25) is 0 Å². The number of hydrogen-bond acceptors (Lipinski definition) is 3. The van der Waals surface area contributed by atoms with Gasteiger partial charge in [0.05, 0.1) is 14.2 Å². The number of hydrogen-bond donors (Lipinski definition) is 1. The van der Waals surface area contributed by atoms with Crippen LogP contribution in [0.3, 0.4) is 0 Å². The Morgan fingerprint density at radius 3 is 2.22 bits per heavy atom. The summed E-state index contributed by atoms with van der Waals surface area (Å²) in [6, 6.07) is 4.23. The summed E-state index contributed by atoms with van der Waals surface area (Å²) in [4.78, 5) is 0. The fourth-order valence-electron chi connectivity index (χ4n) is 2.84. The fourth-order valence-corrected chi connectivity index (χ4v) is 2.84. The zero-order valence-corrected chi connectivity index (χ0v) is 11.6. The Morgan fingerprint density at radius 2 is 1.83 bits per heavy atom. The standard InChI is InChI=1S/C15H23NO2/c1-4-11-8-14(18-3)12(9-13(11)17-2)15(10-16)6-5-7-15/h8-9H,4-7,10,16H2,1-3H3. The highest BCUT2D eigenvalue weighted by molar-refractivity contribution is 5.51. The van der Waals surface area contributed by atoms with E-state index >= 15 is 0 Å². The van der Waals surface area contributed by atoms with Crippen LogP contribution in [0.25, 0.3) is 0 Å². The number of ether oxygens (including phenoxy) is 2. The molecule has 1 aromatic carbocycles. The average molecular weight is 249 g/mol. The quantitative estimate of drug-likeness (QED) is 0.872. The second-order valence-corrected chi connectivity index (χ2v) is 5.06. The van der Waals surface area contributed by atoms with Gasteiger partial charge in [0.25, 0.3) is 0 Å². The summed E-state index contributed by atoms with van der Waals surface area (Å²) < 4.78 is 11.0. The zero-order valence-electron chi connectivity index (χ0n) is 11.6. The molecule has 2 rings (SSSR count). The highest BCUT2D eigenvalue weighted by atomic mass is 16.5. The van der Waals surface area contributed by atoms with Crippen LogP contribution in [0, 0.1) is 0 Å². The van der Waals surface area contributed by atoms with Gasteiger partial charge in [0.2, 0.25) is 0 Å². The van der Waals surface area contributed by atoms with E-state index < -0.39 is 0 Å². The van der Waals surface area contributed by atoms with Gasteiger partial charge in [-0.1, -0.05) is 13.3 Å². The Balaban J connectivity index is 2.51. The number of benzene rings is 1. The molecule has 2 N–H and O–H groups in total. The van der Waals surface area contributed by atoms with Crippen molar-refractivity contribution in [3.8, 4) is 11.5 Å². The van der Waals surface area contributed by atoms with Crippen molar-refractivity contribution in [2.24, 2.45) is 5.73 Å². The van der Waals surface area contributed by atoms with Crippen molar-refractivity contribution < 1.29 is 9.47 Å². The fraction of sp³-hybridized carbons (Fsp3) is 0.600. The molecule has 1 aliphatic rings. The van der Waals surface area contributed by atoms with Gasteiger partial charge < -0.3 is 15.2 Å². The maximum absolute atomic E-state index is 5.99. The minimum atomic E-state index is 0.102. The third-order valence-electron chi connectivity index (χ3n) is 4.26. The van der Waals surface area contributed by atoms with Gasteiger partial charge in [0.15, 0.2) is 0 Å². The van der Waals surface area contributed by atoms with E-state index in [9.17, 15) is 0 Å². The molecular formula is C15H23NO2. The van der Waals surface area contributed by atoms with Crippen LogP contribution in [0.5, 0.6) is 11.5 Å². The van der Waals surface area contributed by atoms with E-state index in [2.05, 4.69) is 19.1 Å². The second kappa shape index (κ2) is 5.19. The summed E-state index contributed by atoms with van der Waals surface area (Å²) in [5, 5.41) is 0. The van der Waals surface area contributed by atoms with Gasteiger partial charge in [0, 0.05) is 17.5 Å². The van der Waals surface area contributed by atoms with E-state index in [0.29, 0.717) is 6.54 Å². The van der Waals surface area contributed by atoms with Crippen molar-refractivity contribution in [3.63, 3.8) is 0 Å². The first kappa shape index (κ1) is 13.2. The zero-order chi connectivity index (χ0) is 13.2. The molecule has 0 atom stereocenters. The summed E-state index contributed by atoms with van der Waals surface area (Å²) in [7, 11) is 3.45. The third kappa shape index (κ3) is 1.97. The van der Waals surface area contributed by atoms with E-state index in [4.69, 9.17) is 15.2 Å². The summed E-state index contributed by atoms with van der Waals surface area (Å²) >= 11 is 0. The number of rotatable bonds is 5. The van der Waals surface area contributed by atoms with Crippen molar-refractivity contribution in [2.75, 3.05) is 20.8 Å². The van der Waals surface area contributed by atoms with Crippen LogP contribution < -0.4 is 15.2 Å². The summed E-state index contributed by atoms with van der Waals surface area (Å²) in [5.41, 5.74) is 8.49. The molecule has 0 heterocycles. The largest absolute Gasteiger partial charge is 0.496 e. The topological polar surface area (TPSA) is 44.5 Å². The maximum Gasteiger partial charge on any atom is 0.123 e. The van der Waals surface area contributed by atoms with E-state index in [1.54, 1.807) is 14.2 Å². The van der Waals surface area contributed by atoms with E-state index in [1.165, 1.54) is 17.5 Å². The molecule has 0 aliphatic heterocycles. The van der Waals surface area contributed by atoms with Crippen LogP contribution in [0.1, 0.15) is 37.3 Å². The van der Waals surface area contributed by atoms with Crippen molar-refractivity contribution >= 4 is 0 Å². The van der Waals surface area contributed by atoms with Gasteiger partial charge in [-0.3, -0.25) is 0 Å². The molecule has 1 fully saturated rings. The van der Waals surface area contributed by atoms with Gasteiger partial charge in [-0.15, -0.1) is 0 Å². The first-order valence-electron chi connectivity index (χ1n) is 6.66. The Bertz CT molecular complexity index is 419. The molecule has 1 aliphatic carbocycles. The van der Waals surface area contributed by atoms with Gasteiger partial charge in [-0.25, -0.2) is 0 Å². The second-order valence-electron chi connectivity index (χ2n) is 5.06. The Kier molecular flexibility index (Phi) is 3.81. The highest BCUT2D eigenvalue weighted by Crippen LogP contribution is 2.48. The molecule has 0 aromatic heterocycles. The highest BCUT2D eigenvalue weighted by Gasteiger charge is 2.40.